The molecule has 1 aliphatic rings. The summed E-state index contributed by atoms with van der Waals surface area (Å²) >= 11 is 0. The largest absolute Gasteiger partial charge is 0.478 e. The maximum atomic E-state index is 12.2. The zero-order valence-electron chi connectivity index (χ0n) is 13.9. The van der Waals surface area contributed by atoms with E-state index >= 15 is 0 Å². The number of carboxylic acids is 1. The molecule has 1 heterocycles. The Kier molecular flexibility index (Phi) is 5.46. The summed E-state index contributed by atoms with van der Waals surface area (Å²) in [5, 5.41) is 12.1. The second kappa shape index (κ2) is 7.94. The van der Waals surface area contributed by atoms with Crippen LogP contribution in [0.2, 0.25) is 0 Å². The molecule has 2 aromatic carbocycles. The molecule has 130 valence electrons. The number of aromatic carboxylic acids is 1. The lowest BCUT2D eigenvalue weighted by atomic mass is 9.95. The Morgan fingerprint density at radius 1 is 1.08 bits per heavy atom. The Balaban J connectivity index is 1.58. The van der Waals surface area contributed by atoms with E-state index in [0.29, 0.717) is 18.7 Å². The van der Waals surface area contributed by atoms with Crippen molar-refractivity contribution < 1.29 is 19.4 Å². The zero-order valence-corrected chi connectivity index (χ0v) is 13.9. The SMILES string of the molecule is O=C(Cc1ccccc1C(=O)O)NC[C@@H]1CCO[C@H]1c1ccccc1. The molecule has 0 saturated carbocycles. The maximum absolute atomic E-state index is 12.2. The maximum Gasteiger partial charge on any atom is 0.335 e. The van der Waals surface area contributed by atoms with Crippen molar-refractivity contribution in [2.24, 2.45) is 5.92 Å². The number of rotatable bonds is 6. The van der Waals surface area contributed by atoms with Crippen LogP contribution in [0.25, 0.3) is 0 Å². The molecule has 2 atom stereocenters. The summed E-state index contributed by atoms with van der Waals surface area (Å²) < 4.78 is 5.82. The molecule has 1 fully saturated rings. The Morgan fingerprint density at radius 3 is 2.56 bits per heavy atom. The minimum atomic E-state index is -1.02. The van der Waals surface area contributed by atoms with Gasteiger partial charge in [0, 0.05) is 19.1 Å². The second-order valence-corrected chi connectivity index (χ2v) is 6.19. The van der Waals surface area contributed by atoms with E-state index in [9.17, 15) is 14.7 Å². The number of amides is 1. The highest BCUT2D eigenvalue weighted by molar-refractivity contribution is 5.91. The van der Waals surface area contributed by atoms with Crippen LogP contribution in [0.4, 0.5) is 0 Å². The van der Waals surface area contributed by atoms with Crippen LogP contribution < -0.4 is 5.32 Å². The first-order valence-electron chi connectivity index (χ1n) is 8.39. The number of carboxylic acid groups (broad SMARTS) is 1. The van der Waals surface area contributed by atoms with Crippen molar-refractivity contribution in [3.8, 4) is 0 Å². The number of hydrogen-bond acceptors (Lipinski definition) is 3. The average Bonchev–Trinajstić information content (AvgIpc) is 3.09. The van der Waals surface area contributed by atoms with Crippen molar-refractivity contribution in [3.05, 3.63) is 71.3 Å². The van der Waals surface area contributed by atoms with Crippen LogP contribution in [0.1, 0.15) is 34.0 Å². The highest BCUT2D eigenvalue weighted by Crippen LogP contribution is 2.33. The molecule has 2 N–H and O–H groups in total. The molecule has 1 aliphatic heterocycles. The minimum Gasteiger partial charge on any atom is -0.478 e. The number of benzene rings is 2. The molecule has 25 heavy (non-hydrogen) atoms. The number of hydrogen-bond donors (Lipinski definition) is 2. The van der Waals surface area contributed by atoms with Crippen LogP contribution in [-0.2, 0) is 16.0 Å². The first-order chi connectivity index (χ1) is 12.1. The summed E-state index contributed by atoms with van der Waals surface area (Å²) in [6.45, 7) is 1.20. The number of carbonyl (C=O) groups is 2. The molecule has 0 bridgehead atoms. The van der Waals surface area contributed by atoms with Crippen LogP contribution >= 0.6 is 0 Å². The molecule has 1 saturated heterocycles. The summed E-state index contributed by atoms with van der Waals surface area (Å²) in [4.78, 5) is 23.5. The van der Waals surface area contributed by atoms with Gasteiger partial charge < -0.3 is 15.2 Å². The Bertz CT molecular complexity index is 744. The van der Waals surface area contributed by atoms with Crippen LogP contribution in [-0.4, -0.2) is 30.1 Å². The predicted octanol–water partition coefficient (Wildman–Crippen LogP) is 2.82. The van der Waals surface area contributed by atoms with Gasteiger partial charge in [0.25, 0.3) is 0 Å². The summed E-state index contributed by atoms with van der Waals surface area (Å²) in [5.74, 6) is -0.967. The summed E-state index contributed by atoms with van der Waals surface area (Å²) in [7, 11) is 0. The molecular formula is C20H21NO4. The van der Waals surface area contributed by atoms with Gasteiger partial charge >= 0.3 is 5.97 Å². The van der Waals surface area contributed by atoms with Gasteiger partial charge in [0.05, 0.1) is 18.1 Å². The molecule has 0 unspecified atom stereocenters. The highest BCUT2D eigenvalue weighted by Gasteiger charge is 2.29. The van der Waals surface area contributed by atoms with Gasteiger partial charge in [0.1, 0.15) is 0 Å². The smallest absolute Gasteiger partial charge is 0.335 e. The van der Waals surface area contributed by atoms with E-state index in [2.05, 4.69) is 5.32 Å². The topological polar surface area (TPSA) is 75.6 Å². The van der Waals surface area contributed by atoms with Crippen molar-refractivity contribution in [1.82, 2.24) is 5.32 Å². The fourth-order valence-corrected chi connectivity index (χ4v) is 3.22. The van der Waals surface area contributed by atoms with Gasteiger partial charge in [-0.3, -0.25) is 4.79 Å². The molecule has 0 spiro atoms. The third-order valence-corrected chi connectivity index (χ3v) is 4.50. The van der Waals surface area contributed by atoms with Gasteiger partial charge in [0.15, 0.2) is 0 Å². The lowest BCUT2D eigenvalue weighted by Crippen LogP contribution is -2.32. The van der Waals surface area contributed by atoms with Crippen LogP contribution in [0.5, 0.6) is 0 Å². The number of nitrogens with one attached hydrogen (secondary N) is 1. The van der Waals surface area contributed by atoms with Crippen LogP contribution in [0.15, 0.2) is 54.6 Å². The Hall–Kier alpha value is -2.66. The lowest BCUT2D eigenvalue weighted by Gasteiger charge is -2.19. The minimum absolute atomic E-state index is 0.00666. The zero-order chi connectivity index (χ0) is 17.6. The molecule has 5 heteroatoms. The van der Waals surface area contributed by atoms with Crippen LogP contribution in [0.3, 0.4) is 0 Å². The standard InChI is InChI=1S/C20H21NO4/c22-18(12-15-8-4-5-9-17(15)20(23)24)21-13-16-10-11-25-19(16)14-6-2-1-3-7-14/h1-9,16,19H,10-13H2,(H,21,22)(H,23,24)/t16-,19-/m0/s1. The fraction of sp³-hybridized carbons (Fsp3) is 0.300. The van der Waals surface area contributed by atoms with Crippen molar-refractivity contribution in [2.45, 2.75) is 18.9 Å². The van der Waals surface area contributed by atoms with Gasteiger partial charge in [-0.15, -0.1) is 0 Å². The molecule has 2 aromatic rings. The molecular weight excluding hydrogens is 318 g/mol. The molecule has 0 aliphatic carbocycles. The Labute approximate surface area is 146 Å². The first-order valence-corrected chi connectivity index (χ1v) is 8.39. The molecule has 5 nitrogen and oxygen atoms in total. The monoisotopic (exact) mass is 339 g/mol. The van der Waals surface area contributed by atoms with Gasteiger partial charge in [-0.25, -0.2) is 4.79 Å². The molecule has 1 amide bonds. The predicted molar refractivity (Wildman–Crippen MR) is 93.4 cm³/mol. The molecule has 0 radical (unpaired) electrons. The lowest BCUT2D eigenvalue weighted by molar-refractivity contribution is -0.120. The van der Waals surface area contributed by atoms with Gasteiger partial charge in [-0.05, 0) is 23.6 Å². The third-order valence-electron chi connectivity index (χ3n) is 4.50. The first kappa shape index (κ1) is 17.2. The van der Waals surface area contributed by atoms with Crippen molar-refractivity contribution in [2.75, 3.05) is 13.2 Å². The van der Waals surface area contributed by atoms with E-state index in [1.54, 1.807) is 18.2 Å². The van der Waals surface area contributed by atoms with E-state index in [-0.39, 0.29) is 29.9 Å². The van der Waals surface area contributed by atoms with Gasteiger partial charge in [-0.1, -0.05) is 48.5 Å². The van der Waals surface area contributed by atoms with Crippen molar-refractivity contribution >= 4 is 11.9 Å². The normalized spacial score (nSPS) is 19.5. The third kappa shape index (κ3) is 4.25. The van der Waals surface area contributed by atoms with E-state index in [0.717, 1.165) is 12.0 Å². The average molecular weight is 339 g/mol. The van der Waals surface area contributed by atoms with E-state index in [1.165, 1.54) is 6.07 Å². The number of ether oxygens (including phenoxy) is 1. The summed E-state index contributed by atoms with van der Waals surface area (Å²) in [5.41, 5.74) is 1.81. The second-order valence-electron chi connectivity index (χ2n) is 6.19. The Morgan fingerprint density at radius 2 is 1.80 bits per heavy atom. The highest BCUT2D eigenvalue weighted by atomic mass is 16.5. The fourth-order valence-electron chi connectivity index (χ4n) is 3.22. The molecule has 3 rings (SSSR count). The number of carbonyl (C=O) groups excluding carboxylic acids is 1. The molecule has 0 aromatic heterocycles. The van der Waals surface area contributed by atoms with E-state index < -0.39 is 5.97 Å². The quantitative estimate of drug-likeness (QED) is 0.848. The van der Waals surface area contributed by atoms with E-state index in [4.69, 9.17) is 4.74 Å². The van der Waals surface area contributed by atoms with Gasteiger partial charge in [-0.2, -0.15) is 0 Å². The van der Waals surface area contributed by atoms with Crippen molar-refractivity contribution in [3.63, 3.8) is 0 Å². The van der Waals surface area contributed by atoms with E-state index in [1.807, 2.05) is 30.3 Å². The van der Waals surface area contributed by atoms with Crippen molar-refractivity contribution in [1.29, 1.82) is 0 Å². The summed E-state index contributed by atoms with van der Waals surface area (Å²) in [6.07, 6.45) is 0.949. The van der Waals surface area contributed by atoms with Gasteiger partial charge in [0.2, 0.25) is 5.91 Å². The summed E-state index contributed by atoms with van der Waals surface area (Å²) in [6, 6.07) is 16.6. The van der Waals surface area contributed by atoms with Crippen LogP contribution in [0, 0.1) is 5.92 Å².